The molecule has 2 aromatic rings. The average Bonchev–Trinajstić information content (AvgIpc) is 3.04. The number of rotatable bonds is 3. The molecule has 0 amide bonds. The van der Waals surface area contributed by atoms with Crippen LogP contribution in [0.4, 0.5) is 0 Å². The Labute approximate surface area is 104 Å². The van der Waals surface area contributed by atoms with Crippen molar-refractivity contribution in [2.24, 2.45) is 5.73 Å². The first-order chi connectivity index (χ1) is 7.79. The minimum absolute atomic E-state index is 0.722. The smallest absolute Gasteiger partial charge is 0.0497 e. The first-order valence-corrected chi connectivity index (χ1v) is 6.58. The highest BCUT2D eigenvalue weighted by atomic mass is 79.9. The zero-order valence-corrected chi connectivity index (χ0v) is 10.7. The first kappa shape index (κ1) is 10.4. The van der Waals surface area contributed by atoms with Crippen molar-refractivity contribution in [3.05, 3.63) is 34.4 Å². The Morgan fingerprint density at radius 1 is 1.38 bits per heavy atom. The van der Waals surface area contributed by atoms with Crippen LogP contribution in [0.1, 0.15) is 24.4 Å². The molecule has 0 unspecified atom stereocenters. The highest BCUT2D eigenvalue weighted by Crippen LogP contribution is 2.39. The second kappa shape index (κ2) is 3.90. The maximum atomic E-state index is 5.66. The molecule has 1 heterocycles. The molecule has 1 aromatic carbocycles. The van der Waals surface area contributed by atoms with Gasteiger partial charge in [0.15, 0.2) is 0 Å². The van der Waals surface area contributed by atoms with Crippen LogP contribution in [0.3, 0.4) is 0 Å². The predicted molar refractivity (Wildman–Crippen MR) is 70.7 cm³/mol. The minimum atomic E-state index is 0.722. The number of nitrogens with two attached hydrogens (primary N) is 1. The lowest BCUT2D eigenvalue weighted by Gasteiger charge is -2.01. The summed E-state index contributed by atoms with van der Waals surface area (Å²) >= 11 is 3.55. The quantitative estimate of drug-likeness (QED) is 0.918. The van der Waals surface area contributed by atoms with E-state index < -0.39 is 0 Å². The lowest BCUT2D eigenvalue weighted by Crippen LogP contribution is -2.02. The average molecular weight is 279 g/mol. The van der Waals surface area contributed by atoms with Crippen LogP contribution in [0, 0.1) is 0 Å². The molecule has 1 aliphatic rings. The monoisotopic (exact) mass is 278 g/mol. The molecule has 1 aromatic heterocycles. The van der Waals surface area contributed by atoms with Gasteiger partial charge < -0.3 is 10.3 Å². The van der Waals surface area contributed by atoms with Gasteiger partial charge in [-0.1, -0.05) is 22.0 Å². The van der Waals surface area contributed by atoms with Crippen molar-refractivity contribution < 1.29 is 0 Å². The van der Waals surface area contributed by atoms with Gasteiger partial charge >= 0.3 is 0 Å². The minimum Gasteiger partial charge on any atom is -0.344 e. The third-order valence-electron chi connectivity index (χ3n) is 3.23. The van der Waals surface area contributed by atoms with Gasteiger partial charge in [0.25, 0.3) is 0 Å². The van der Waals surface area contributed by atoms with E-state index in [1.807, 2.05) is 0 Å². The number of fused-ring (bicyclic) bond motifs is 1. The first-order valence-electron chi connectivity index (χ1n) is 5.78. The van der Waals surface area contributed by atoms with Crippen molar-refractivity contribution >= 4 is 26.8 Å². The van der Waals surface area contributed by atoms with Crippen molar-refractivity contribution in [2.75, 3.05) is 6.54 Å². The Hall–Kier alpha value is -0.800. The second-order valence-electron chi connectivity index (χ2n) is 4.49. The topological polar surface area (TPSA) is 30.9 Å². The van der Waals surface area contributed by atoms with Crippen molar-refractivity contribution in [2.45, 2.75) is 25.3 Å². The van der Waals surface area contributed by atoms with E-state index in [1.54, 1.807) is 0 Å². The number of nitrogens with zero attached hydrogens (tertiary/aromatic N) is 1. The van der Waals surface area contributed by atoms with Gasteiger partial charge in [-0.25, -0.2) is 0 Å². The van der Waals surface area contributed by atoms with Crippen LogP contribution in [0.15, 0.2) is 28.9 Å². The van der Waals surface area contributed by atoms with Gasteiger partial charge in [-0.05, 0) is 43.5 Å². The molecule has 0 spiro atoms. The number of halogens is 1. The molecule has 0 radical (unpaired) electrons. The van der Waals surface area contributed by atoms with E-state index in [4.69, 9.17) is 5.73 Å². The third kappa shape index (κ3) is 1.68. The van der Waals surface area contributed by atoms with Crippen LogP contribution >= 0.6 is 15.9 Å². The number of aromatic nitrogens is 1. The molecule has 16 heavy (non-hydrogen) atoms. The molecule has 0 aliphatic heterocycles. The maximum Gasteiger partial charge on any atom is 0.0497 e. The Balaban J connectivity index is 2.20. The summed E-state index contributed by atoms with van der Waals surface area (Å²) in [5.41, 5.74) is 8.40. The summed E-state index contributed by atoms with van der Waals surface area (Å²) in [6.07, 6.45) is 5.90. The van der Waals surface area contributed by atoms with Crippen molar-refractivity contribution in [3.8, 4) is 0 Å². The van der Waals surface area contributed by atoms with E-state index in [1.165, 1.54) is 29.3 Å². The molecule has 2 nitrogen and oxygen atoms in total. The van der Waals surface area contributed by atoms with E-state index in [-0.39, 0.29) is 0 Å². The van der Waals surface area contributed by atoms with E-state index >= 15 is 0 Å². The molecular weight excluding hydrogens is 264 g/mol. The lowest BCUT2D eigenvalue weighted by atomic mass is 10.1. The standard InChI is InChI=1S/C13H15BrN2/c14-10-1-4-12-9(5-6-15)8-16(11-2-3-11)13(12)7-10/h1,4,7-8,11H,2-3,5-6,15H2. The summed E-state index contributed by atoms with van der Waals surface area (Å²) in [7, 11) is 0. The van der Waals surface area contributed by atoms with Gasteiger partial charge in [0.2, 0.25) is 0 Å². The summed E-state index contributed by atoms with van der Waals surface area (Å²) in [6, 6.07) is 7.25. The Morgan fingerprint density at radius 3 is 2.88 bits per heavy atom. The van der Waals surface area contributed by atoms with Crippen LogP contribution < -0.4 is 5.73 Å². The Morgan fingerprint density at radius 2 is 2.19 bits per heavy atom. The zero-order valence-electron chi connectivity index (χ0n) is 9.12. The molecule has 0 atom stereocenters. The van der Waals surface area contributed by atoms with Crippen LogP contribution in [-0.4, -0.2) is 11.1 Å². The summed E-state index contributed by atoms with van der Waals surface area (Å²) in [5, 5.41) is 1.36. The summed E-state index contributed by atoms with van der Waals surface area (Å²) < 4.78 is 3.57. The molecule has 0 saturated heterocycles. The largest absolute Gasteiger partial charge is 0.344 e. The van der Waals surface area contributed by atoms with Crippen LogP contribution in [0.25, 0.3) is 10.9 Å². The fraction of sp³-hybridized carbons (Fsp3) is 0.385. The van der Waals surface area contributed by atoms with E-state index in [0.717, 1.165) is 23.5 Å². The van der Waals surface area contributed by atoms with Crippen LogP contribution in [0.2, 0.25) is 0 Å². The van der Waals surface area contributed by atoms with E-state index in [0.29, 0.717) is 0 Å². The van der Waals surface area contributed by atoms with Crippen molar-refractivity contribution in [1.29, 1.82) is 0 Å². The lowest BCUT2D eigenvalue weighted by molar-refractivity contribution is 0.769. The van der Waals surface area contributed by atoms with Crippen LogP contribution in [-0.2, 0) is 6.42 Å². The van der Waals surface area contributed by atoms with Gasteiger partial charge in [0.1, 0.15) is 0 Å². The van der Waals surface area contributed by atoms with Gasteiger partial charge in [-0.3, -0.25) is 0 Å². The molecule has 0 bridgehead atoms. The Bertz CT molecular complexity index is 526. The highest BCUT2D eigenvalue weighted by molar-refractivity contribution is 9.10. The van der Waals surface area contributed by atoms with E-state index in [2.05, 4.69) is 44.9 Å². The molecule has 3 rings (SSSR count). The number of hydrogen-bond acceptors (Lipinski definition) is 1. The fourth-order valence-corrected chi connectivity index (χ4v) is 2.66. The van der Waals surface area contributed by atoms with Gasteiger partial charge in [-0.15, -0.1) is 0 Å². The molecule has 1 aliphatic carbocycles. The number of hydrogen-bond donors (Lipinski definition) is 1. The van der Waals surface area contributed by atoms with Crippen LogP contribution in [0.5, 0.6) is 0 Å². The van der Waals surface area contributed by atoms with E-state index in [9.17, 15) is 0 Å². The summed E-state index contributed by atoms with van der Waals surface area (Å²) in [6.45, 7) is 0.722. The molecule has 1 saturated carbocycles. The highest BCUT2D eigenvalue weighted by Gasteiger charge is 2.25. The summed E-state index contributed by atoms with van der Waals surface area (Å²) in [4.78, 5) is 0. The zero-order chi connectivity index (χ0) is 11.1. The second-order valence-corrected chi connectivity index (χ2v) is 5.41. The van der Waals surface area contributed by atoms with Gasteiger partial charge in [0, 0.05) is 27.6 Å². The molecular formula is C13H15BrN2. The predicted octanol–water partition coefficient (Wildman–Crippen LogP) is 3.24. The van der Waals surface area contributed by atoms with Crippen molar-refractivity contribution in [1.82, 2.24) is 4.57 Å². The maximum absolute atomic E-state index is 5.66. The SMILES string of the molecule is NCCc1cn(C2CC2)c2cc(Br)ccc12. The number of benzene rings is 1. The summed E-state index contributed by atoms with van der Waals surface area (Å²) in [5.74, 6) is 0. The Kier molecular flexibility index (Phi) is 2.52. The van der Waals surface area contributed by atoms with Gasteiger partial charge in [-0.2, -0.15) is 0 Å². The molecule has 2 N–H and O–H groups in total. The molecule has 1 fully saturated rings. The third-order valence-corrected chi connectivity index (χ3v) is 3.73. The molecule has 84 valence electrons. The van der Waals surface area contributed by atoms with Gasteiger partial charge in [0.05, 0.1) is 0 Å². The normalized spacial score (nSPS) is 15.9. The molecule has 3 heteroatoms. The van der Waals surface area contributed by atoms with Crippen molar-refractivity contribution in [3.63, 3.8) is 0 Å². The fourth-order valence-electron chi connectivity index (χ4n) is 2.31.